The van der Waals surface area contributed by atoms with E-state index in [2.05, 4.69) is 20.7 Å². The number of rotatable bonds is 1. The summed E-state index contributed by atoms with van der Waals surface area (Å²) >= 11 is 2.85. The van der Waals surface area contributed by atoms with Crippen molar-refractivity contribution in [1.82, 2.24) is 0 Å². The van der Waals surface area contributed by atoms with Crippen molar-refractivity contribution in [2.75, 3.05) is 12.8 Å². The van der Waals surface area contributed by atoms with Crippen LogP contribution >= 0.6 is 15.9 Å². The molecule has 0 aliphatic rings. The number of alkyl halides is 3. The van der Waals surface area contributed by atoms with E-state index in [-0.39, 0.29) is 15.7 Å². The summed E-state index contributed by atoms with van der Waals surface area (Å²) in [6.45, 7) is 0. The summed E-state index contributed by atoms with van der Waals surface area (Å²) in [5.41, 5.74) is 4.09. The molecule has 1 rings (SSSR count). The number of carbonyl (C=O) groups is 1. The van der Waals surface area contributed by atoms with Gasteiger partial charge in [0.15, 0.2) is 0 Å². The van der Waals surface area contributed by atoms with Crippen LogP contribution in [0, 0.1) is 0 Å². The van der Waals surface area contributed by atoms with Crippen LogP contribution in [0.15, 0.2) is 16.6 Å². The molecule has 0 fully saturated rings. The maximum Gasteiger partial charge on any atom is 0.416 e. The molecule has 0 heterocycles. The fourth-order valence-corrected chi connectivity index (χ4v) is 1.52. The highest BCUT2D eigenvalue weighted by molar-refractivity contribution is 9.10. The summed E-state index contributed by atoms with van der Waals surface area (Å²) in [6.07, 6.45) is -4.54. The Kier molecular flexibility index (Phi) is 3.47. The third-order valence-corrected chi connectivity index (χ3v) is 2.52. The second-order valence-electron chi connectivity index (χ2n) is 2.91. The molecule has 1 aromatic carbocycles. The van der Waals surface area contributed by atoms with Gasteiger partial charge in [-0.2, -0.15) is 13.2 Å². The molecule has 0 saturated heterocycles. The molecule has 2 N–H and O–H groups in total. The van der Waals surface area contributed by atoms with Gasteiger partial charge in [-0.05, 0) is 28.1 Å². The molecular weight excluding hydrogens is 291 g/mol. The number of ether oxygens (including phenoxy) is 1. The van der Waals surface area contributed by atoms with E-state index in [1.165, 1.54) is 0 Å². The Morgan fingerprint density at radius 2 is 2.00 bits per heavy atom. The van der Waals surface area contributed by atoms with Crippen molar-refractivity contribution < 1.29 is 22.7 Å². The summed E-state index contributed by atoms with van der Waals surface area (Å²) in [6, 6.07) is 1.47. The number of hydrogen-bond acceptors (Lipinski definition) is 3. The minimum Gasteiger partial charge on any atom is -0.465 e. The molecule has 0 radical (unpaired) electrons. The third-order valence-electron chi connectivity index (χ3n) is 1.86. The van der Waals surface area contributed by atoms with Crippen molar-refractivity contribution >= 4 is 27.6 Å². The van der Waals surface area contributed by atoms with Crippen LogP contribution in [0.2, 0.25) is 0 Å². The number of hydrogen-bond donors (Lipinski definition) is 1. The van der Waals surface area contributed by atoms with Crippen molar-refractivity contribution in [3.63, 3.8) is 0 Å². The minimum absolute atomic E-state index is 0.00252. The number of methoxy groups -OCH3 is 1. The highest BCUT2D eigenvalue weighted by Gasteiger charge is 2.32. The number of carbonyl (C=O) groups excluding carboxylic acids is 1. The molecule has 0 spiro atoms. The van der Waals surface area contributed by atoms with Crippen LogP contribution in [0.3, 0.4) is 0 Å². The molecule has 0 unspecified atom stereocenters. The first kappa shape index (κ1) is 12.8. The largest absolute Gasteiger partial charge is 0.465 e. The average molecular weight is 298 g/mol. The van der Waals surface area contributed by atoms with Gasteiger partial charge in [-0.25, -0.2) is 4.79 Å². The zero-order valence-corrected chi connectivity index (χ0v) is 9.65. The summed E-state index contributed by atoms with van der Waals surface area (Å²) < 4.78 is 41.6. The highest BCUT2D eigenvalue weighted by Crippen LogP contribution is 2.35. The van der Waals surface area contributed by atoms with Crippen molar-refractivity contribution in [3.8, 4) is 0 Å². The molecule has 0 aromatic heterocycles. The van der Waals surface area contributed by atoms with Crippen LogP contribution in [0.5, 0.6) is 0 Å². The van der Waals surface area contributed by atoms with Crippen LogP contribution in [0.4, 0.5) is 18.9 Å². The third kappa shape index (κ3) is 2.46. The Balaban J connectivity index is 3.39. The molecule has 7 heteroatoms. The van der Waals surface area contributed by atoms with Crippen LogP contribution in [0.25, 0.3) is 0 Å². The monoisotopic (exact) mass is 297 g/mol. The van der Waals surface area contributed by atoms with Crippen LogP contribution < -0.4 is 5.73 Å². The van der Waals surface area contributed by atoms with Crippen LogP contribution in [-0.2, 0) is 10.9 Å². The molecule has 3 nitrogen and oxygen atoms in total. The van der Waals surface area contributed by atoms with Crippen molar-refractivity contribution in [2.45, 2.75) is 6.18 Å². The molecule has 0 aliphatic heterocycles. The predicted molar refractivity (Wildman–Crippen MR) is 54.9 cm³/mol. The molecule has 0 aliphatic carbocycles. The molecule has 0 amide bonds. The fourth-order valence-electron chi connectivity index (χ4n) is 1.06. The van der Waals surface area contributed by atoms with Gasteiger partial charge in [-0.15, -0.1) is 0 Å². The van der Waals surface area contributed by atoms with Crippen LogP contribution in [-0.4, -0.2) is 13.1 Å². The topological polar surface area (TPSA) is 52.3 Å². The molecular formula is C9H7BrF3NO2. The van der Waals surface area contributed by atoms with Crippen LogP contribution in [0.1, 0.15) is 15.9 Å². The van der Waals surface area contributed by atoms with Crippen molar-refractivity contribution in [1.29, 1.82) is 0 Å². The van der Waals surface area contributed by atoms with E-state index in [9.17, 15) is 18.0 Å². The first-order valence-corrected chi connectivity index (χ1v) is 4.81. The quantitative estimate of drug-likeness (QED) is 0.640. The van der Waals surface area contributed by atoms with Gasteiger partial charge in [0.1, 0.15) is 0 Å². The van der Waals surface area contributed by atoms with E-state index < -0.39 is 17.7 Å². The van der Waals surface area contributed by atoms with E-state index in [4.69, 9.17) is 5.73 Å². The first-order chi connectivity index (χ1) is 7.27. The molecule has 0 saturated carbocycles. The summed E-state index contributed by atoms with van der Waals surface area (Å²) in [5, 5.41) is 0. The SMILES string of the molecule is COC(=O)c1cc(C(F)(F)F)cc(Br)c1N. The Bertz CT molecular complexity index is 431. The zero-order chi connectivity index (χ0) is 12.5. The van der Waals surface area contributed by atoms with Crippen molar-refractivity contribution in [2.24, 2.45) is 0 Å². The minimum atomic E-state index is -4.54. The van der Waals surface area contributed by atoms with Gasteiger partial charge in [0.05, 0.1) is 23.9 Å². The lowest BCUT2D eigenvalue weighted by Crippen LogP contribution is -2.11. The Morgan fingerprint density at radius 3 is 2.44 bits per heavy atom. The fraction of sp³-hybridized carbons (Fsp3) is 0.222. The maximum atomic E-state index is 12.4. The predicted octanol–water partition coefficient (Wildman–Crippen LogP) is 2.84. The molecule has 0 atom stereocenters. The summed E-state index contributed by atoms with van der Waals surface area (Å²) in [4.78, 5) is 11.2. The maximum absolute atomic E-state index is 12.4. The van der Waals surface area contributed by atoms with Gasteiger partial charge < -0.3 is 10.5 Å². The smallest absolute Gasteiger partial charge is 0.416 e. The lowest BCUT2D eigenvalue weighted by atomic mass is 10.1. The standard InChI is InChI=1S/C9H7BrF3NO2/c1-16-8(15)5-2-4(9(11,12)13)3-6(10)7(5)14/h2-3H,14H2,1H3. The number of nitrogens with two attached hydrogens (primary N) is 1. The van der Waals surface area contributed by atoms with Gasteiger partial charge in [0.25, 0.3) is 0 Å². The zero-order valence-electron chi connectivity index (χ0n) is 8.06. The summed E-state index contributed by atoms with van der Waals surface area (Å²) in [7, 11) is 1.07. The lowest BCUT2D eigenvalue weighted by molar-refractivity contribution is -0.137. The second-order valence-corrected chi connectivity index (χ2v) is 3.76. The number of benzene rings is 1. The molecule has 88 valence electrons. The normalized spacial score (nSPS) is 11.3. The summed E-state index contributed by atoms with van der Waals surface area (Å²) in [5.74, 6) is -0.913. The molecule has 0 bridgehead atoms. The Hall–Kier alpha value is -1.24. The average Bonchev–Trinajstić information content (AvgIpc) is 2.19. The molecule has 16 heavy (non-hydrogen) atoms. The second kappa shape index (κ2) is 4.32. The number of halogens is 4. The highest BCUT2D eigenvalue weighted by atomic mass is 79.9. The van der Waals surface area contributed by atoms with Gasteiger partial charge in [0.2, 0.25) is 0 Å². The van der Waals surface area contributed by atoms with E-state index in [0.717, 1.165) is 13.2 Å². The molecule has 1 aromatic rings. The van der Waals surface area contributed by atoms with E-state index >= 15 is 0 Å². The van der Waals surface area contributed by atoms with E-state index in [1.54, 1.807) is 0 Å². The van der Waals surface area contributed by atoms with Gasteiger partial charge in [0, 0.05) is 4.47 Å². The number of nitrogen functional groups attached to an aromatic ring is 1. The van der Waals surface area contributed by atoms with Gasteiger partial charge in [-0.1, -0.05) is 0 Å². The number of anilines is 1. The first-order valence-electron chi connectivity index (χ1n) is 4.02. The van der Waals surface area contributed by atoms with E-state index in [1.807, 2.05) is 0 Å². The van der Waals surface area contributed by atoms with Gasteiger partial charge in [-0.3, -0.25) is 0 Å². The Morgan fingerprint density at radius 1 is 1.44 bits per heavy atom. The van der Waals surface area contributed by atoms with Crippen molar-refractivity contribution in [3.05, 3.63) is 27.7 Å². The Labute approximate surface area is 97.5 Å². The lowest BCUT2D eigenvalue weighted by Gasteiger charge is -2.11. The van der Waals surface area contributed by atoms with E-state index in [0.29, 0.717) is 6.07 Å². The number of esters is 1. The van der Waals surface area contributed by atoms with Gasteiger partial charge >= 0.3 is 12.1 Å².